The molecule has 1 aliphatic heterocycles. The Hall–Kier alpha value is -2.86. The highest BCUT2D eigenvalue weighted by atomic mass is 16.5. The van der Waals surface area contributed by atoms with Crippen LogP contribution >= 0.6 is 0 Å². The quantitative estimate of drug-likeness (QED) is 0.782. The third-order valence-corrected chi connectivity index (χ3v) is 5.23. The number of aryl methyl sites for hydroxylation is 1. The lowest BCUT2D eigenvalue weighted by atomic mass is 10.0. The molecule has 1 unspecified atom stereocenters. The number of nitrogens with one attached hydrogen (secondary N) is 1. The summed E-state index contributed by atoms with van der Waals surface area (Å²) in [7, 11) is 0. The molecule has 6 nitrogen and oxygen atoms in total. The molecule has 1 saturated heterocycles. The van der Waals surface area contributed by atoms with Gasteiger partial charge in [0, 0.05) is 24.3 Å². The van der Waals surface area contributed by atoms with Gasteiger partial charge in [-0.05, 0) is 55.2 Å². The van der Waals surface area contributed by atoms with Crippen molar-refractivity contribution in [2.75, 3.05) is 31.6 Å². The summed E-state index contributed by atoms with van der Waals surface area (Å²) in [4.78, 5) is 27.1. The van der Waals surface area contributed by atoms with E-state index >= 15 is 0 Å². The summed E-state index contributed by atoms with van der Waals surface area (Å²) < 4.78 is 11.2. The predicted molar refractivity (Wildman–Crippen MR) is 117 cm³/mol. The fourth-order valence-electron chi connectivity index (χ4n) is 3.27. The first kappa shape index (κ1) is 21.8. The minimum Gasteiger partial charge on any atom is -0.481 e. The first-order valence-electron chi connectivity index (χ1n) is 10.4. The Kier molecular flexibility index (Phi) is 7.11. The van der Waals surface area contributed by atoms with E-state index in [0.29, 0.717) is 49.2 Å². The van der Waals surface area contributed by atoms with Crippen molar-refractivity contribution in [1.82, 2.24) is 4.90 Å². The topological polar surface area (TPSA) is 67.9 Å². The van der Waals surface area contributed by atoms with Gasteiger partial charge >= 0.3 is 0 Å². The summed E-state index contributed by atoms with van der Waals surface area (Å²) in [6.45, 7) is 10.2. The smallest absolute Gasteiger partial charge is 0.265 e. The molecule has 1 heterocycles. The van der Waals surface area contributed by atoms with Crippen LogP contribution in [0.4, 0.5) is 5.69 Å². The molecule has 3 rings (SSSR count). The van der Waals surface area contributed by atoms with E-state index < -0.39 is 6.10 Å². The van der Waals surface area contributed by atoms with E-state index in [0.717, 1.165) is 11.1 Å². The fraction of sp³-hybridized carbons (Fsp3) is 0.417. The Morgan fingerprint density at radius 2 is 1.80 bits per heavy atom. The number of carbonyl (C=O) groups is 2. The van der Waals surface area contributed by atoms with Gasteiger partial charge in [0.1, 0.15) is 5.75 Å². The van der Waals surface area contributed by atoms with E-state index in [-0.39, 0.29) is 11.8 Å². The molecule has 1 fully saturated rings. The fourth-order valence-corrected chi connectivity index (χ4v) is 3.27. The average Bonchev–Trinajstić information content (AvgIpc) is 2.75. The average molecular weight is 411 g/mol. The normalized spacial score (nSPS) is 15.0. The second-order valence-corrected chi connectivity index (χ2v) is 7.91. The third-order valence-electron chi connectivity index (χ3n) is 5.23. The van der Waals surface area contributed by atoms with E-state index in [1.54, 1.807) is 36.1 Å². The molecule has 0 radical (unpaired) electrons. The largest absolute Gasteiger partial charge is 0.481 e. The zero-order chi connectivity index (χ0) is 21.7. The zero-order valence-corrected chi connectivity index (χ0v) is 18.1. The Morgan fingerprint density at radius 1 is 1.07 bits per heavy atom. The minimum atomic E-state index is -0.676. The lowest BCUT2D eigenvalue weighted by molar-refractivity contribution is -0.122. The maximum atomic E-state index is 12.7. The maximum absolute atomic E-state index is 12.7. The molecular weight excluding hydrogens is 380 g/mol. The molecule has 0 aliphatic carbocycles. The summed E-state index contributed by atoms with van der Waals surface area (Å²) >= 11 is 0. The van der Waals surface area contributed by atoms with Crippen molar-refractivity contribution >= 4 is 17.5 Å². The van der Waals surface area contributed by atoms with Gasteiger partial charge in [-0.2, -0.15) is 0 Å². The standard InChI is InChI=1S/C24H30N2O4/c1-16(2)19-9-8-17(3)22(15-19)30-18(4)23(27)25-21-7-5-6-20(14-21)24(28)26-10-12-29-13-11-26/h5-9,14-16,18H,10-13H2,1-4H3,(H,25,27). The number of hydrogen-bond donors (Lipinski definition) is 1. The predicted octanol–water partition coefficient (Wildman–Crippen LogP) is 4.00. The SMILES string of the molecule is Cc1ccc(C(C)C)cc1OC(C)C(=O)Nc1cccc(C(=O)N2CCOCC2)c1. The van der Waals surface area contributed by atoms with Gasteiger partial charge in [-0.15, -0.1) is 0 Å². The number of benzene rings is 2. The Balaban J connectivity index is 1.65. The van der Waals surface area contributed by atoms with Gasteiger partial charge in [-0.25, -0.2) is 0 Å². The molecule has 2 amide bonds. The lowest BCUT2D eigenvalue weighted by Crippen LogP contribution is -2.40. The van der Waals surface area contributed by atoms with E-state index in [1.165, 1.54) is 0 Å². The van der Waals surface area contributed by atoms with Crippen LogP contribution in [0.1, 0.15) is 48.2 Å². The number of ether oxygens (including phenoxy) is 2. The van der Waals surface area contributed by atoms with Crippen LogP contribution in [-0.4, -0.2) is 49.1 Å². The van der Waals surface area contributed by atoms with Gasteiger partial charge in [-0.1, -0.05) is 32.0 Å². The molecule has 0 saturated carbocycles. The van der Waals surface area contributed by atoms with Crippen molar-refractivity contribution in [2.45, 2.75) is 39.7 Å². The number of nitrogens with zero attached hydrogens (tertiary/aromatic N) is 1. The number of amides is 2. The van der Waals surface area contributed by atoms with Crippen LogP contribution < -0.4 is 10.1 Å². The van der Waals surface area contributed by atoms with Crippen molar-refractivity contribution in [3.8, 4) is 5.75 Å². The van der Waals surface area contributed by atoms with Crippen molar-refractivity contribution in [3.63, 3.8) is 0 Å². The van der Waals surface area contributed by atoms with Crippen molar-refractivity contribution in [2.24, 2.45) is 0 Å². The molecule has 2 aromatic carbocycles. The first-order valence-corrected chi connectivity index (χ1v) is 10.4. The second-order valence-electron chi connectivity index (χ2n) is 7.91. The molecule has 0 aromatic heterocycles. The molecule has 1 aliphatic rings. The van der Waals surface area contributed by atoms with Gasteiger partial charge in [0.2, 0.25) is 0 Å². The van der Waals surface area contributed by atoms with Crippen molar-refractivity contribution in [1.29, 1.82) is 0 Å². The first-order chi connectivity index (χ1) is 14.3. The molecule has 0 spiro atoms. The molecular formula is C24H30N2O4. The second kappa shape index (κ2) is 9.76. The number of hydrogen-bond acceptors (Lipinski definition) is 4. The third kappa shape index (κ3) is 5.39. The summed E-state index contributed by atoms with van der Waals surface area (Å²) in [5.74, 6) is 0.768. The Bertz CT molecular complexity index is 904. The molecule has 2 aromatic rings. The monoisotopic (exact) mass is 410 g/mol. The van der Waals surface area contributed by atoms with Crippen LogP contribution in [0.15, 0.2) is 42.5 Å². The van der Waals surface area contributed by atoms with Crippen molar-refractivity contribution in [3.05, 3.63) is 59.2 Å². The molecule has 0 bridgehead atoms. The summed E-state index contributed by atoms with van der Waals surface area (Å²) in [5.41, 5.74) is 3.26. The van der Waals surface area contributed by atoms with Gasteiger partial charge in [-0.3, -0.25) is 9.59 Å². The Labute approximate surface area is 178 Å². The van der Waals surface area contributed by atoms with E-state index in [1.807, 2.05) is 19.1 Å². The van der Waals surface area contributed by atoms with Crippen LogP contribution in [0.5, 0.6) is 5.75 Å². The highest BCUT2D eigenvalue weighted by molar-refractivity contribution is 5.98. The van der Waals surface area contributed by atoms with E-state index in [2.05, 4.69) is 25.2 Å². The molecule has 6 heteroatoms. The number of morpholine rings is 1. The van der Waals surface area contributed by atoms with Gasteiger partial charge in [0.25, 0.3) is 11.8 Å². The number of carbonyl (C=O) groups excluding carboxylic acids is 2. The lowest BCUT2D eigenvalue weighted by Gasteiger charge is -2.27. The summed E-state index contributed by atoms with van der Waals surface area (Å²) in [5, 5.41) is 2.86. The van der Waals surface area contributed by atoms with Crippen LogP contribution in [0.25, 0.3) is 0 Å². The molecule has 1 atom stereocenters. The van der Waals surface area contributed by atoms with Crippen LogP contribution in [0.2, 0.25) is 0 Å². The zero-order valence-electron chi connectivity index (χ0n) is 18.1. The highest BCUT2D eigenvalue weighted by Crippen LogP contribution is 2.25. The number of anilines is 1. The van der Waals surface area contributed by atoms with Gasteiger partial charge < -0.3 is 19.7 Å². The van der Waals surface area contributed by atoms with Crippen molar-refractivity contribution < 1.29 is 19.1 Å². The van der Waals surface area contributed by atoms with E-state index in [4.69, 9.17) is 9.47 Å². The minimum absolute atomic E-state index is 0.0557. The molecule has 30 heavy (non-hydrogen) atoms. The Morgan fingerprint density at radius 3 is 2.50 bits per heavy atom. The summed E-state index contributed by atoms with van der Waals surface area (Å²) in [6, 6.07) is 13.1. The molecule has 160 valence electrons. The molecule has 1 N–H and O–H groups in total. The van der Waals surface area contributed by atoms with Gasteiger partial charge in [0.15, 0.2) is 6.10 Å². The summed E-state index contributed by atoms with van der Waals surface area (Å²) in [6.07, 6.45) is -0.676. The highest BCUT2D eigenvalue weighted by Gasteiger charge is 2.20. The van der Waals surface area contributed by atoms with E-state index in [9.17, 15) is 9.59 Å². The maximum Gasteiger partial charge on any atom is 0.265 e. The van der Waals surface area contributed by atoms with Crippen LogP contribution in [0.3, 0.4) is 0 Å². The number of rotatable bonds is 6. The van der Waals surface area contributed by atoms with Crippen LogP contribution in [-0.2, 0) is 9.53 Å². The van der Waals surface area contributed by atoms with Crippen LogP contribution in [0, 0.1) is 6.92 Å². The van der Waals surface area contributed by atoms with Gasteiger partial charge in [0.05, 0.1) is 13.2 Å².